The number of nitrogens with one attached hydrogen (secondary N) is 3. The van der Waals surface area contributed by atoms with Crippen molar-refractivity contribution in [1.29, 1.82) is 0 Å². The van der Waals surface area contributed by atoms with E-state index < -0.39 is 12.1 Å². The van der Waals surface area contributed by atoms with E-state index in [4.69, 9.17) is 14.2 Å². The third-order valence-electron chi connectivity index (χ3n) is 5.15. The number of carbonyl (C=O) groups is 3. The van der Waals surface area contributed by atoms with Gasteiger partial charge in [-0.3, -0.25) is 19.6 Å². The Morgan fingerprint density at radius 2 is 1.41 bits per heavy atom. The van der Waals surface area contributed by atoms with Crippen LogP contribution in [0.15, 0.2) is 36.9 Å². The lowest BCUT2D eigenvalue weighted by molar-refractivity contribution is -0.123. The molecule has 1 atom stereocenters. The summed E-state index contributed by atoms with van der Waals surface area (Å²) in [4.78, 5) is 45.2. The Morgan fingerprint density at radius 1 is 0.811 bits per heavy atom. The molecule has 11 heteroatoms. The number of aromatic nitrogens is 2. The van der Waals surface area contributed by atoms with Gasteiger partial charge in [0.15, 0.2) is 0 Å². The van der Waals surface area contributed by atoms with E-state index in [-0.39, 0.29) is 25.0 Å². The Hall–Kier alpha value is -3.89. The Kier molecular flexibility index (Phi) is 13.3. The number of amides is 3. The average Bonchev–Trinajstić information content (AvgIpc) is 2.89. The average molecular weight is 516 g/mol. The van der Waals surface area contributed by atoms with Crippen molar-refractivity contribution in [3.8, 4) is 11.5 Å². The zero-order valence-electron chi connectivity index (χ0n) is 21.7. The minimum Gasteiger partial charge on any atom is -0.492 e. The predicted molar refractivity (Wildman–Crippen MR) is 137 cm³/mol. The van der Waals surface area contributed by atoms with Crippen LogP contribution in [0.5, 0.6) is 11.5 Å². The van der Waals surface area contributed by atoms with Crippen LogP contribution >= 0.6 is 0 Å². The van der Waals surface area contributed by atoms with Crippen LogP contribution in [0.4, 0.5) is 4.79 Å². The number of carbonyl (C=O) groups excluding carboxylic acids is 3. The van der Waals surface area contributed by atoms with Gasteiger partial charge in [-0.15, -0.1) is 0 Å². The van der Waals surface area contributed by atoms with Crippen LogP contribution in [-0.2, 0) is 27.4 Å². The fourth-order valence-electron chi connectivity index (χ4n) is 3.43. The number of pyridine rings is 2. The summed E-state index contributed by atoms with van der Waals surface area (Å²) in [5.41, 5.74) is 1.62. The van der Waals surface area contributed by atoms with Gasteiger partial charge in [0.2, 0.25) is 11.8 Å². The summed E-state index contributed by atoms with van der Waals surface area (Å²) in [6.07, 6.45) is 7.64. The molecule has 3 amide bonds. The molecule has 202 valence electrons. The molecule has 2 rings (SSSR count). The molecule has 0 bridgehead atoms. The Labute approximate surface area is 217 Å². The van der Waals surface area contributed by atoms with Crippen LogP contribution in [-0.4, -0.2) is 53.7 Å². The highest BCUT2D eigenvalue weighted by Gasteiger charge is 2.21. The number of nitrogens with zero attached hydrogens (tertiary/aromatic N) is 2. The Bertz CT molecular complexity index is 1000. The first-order valence-corrected chi connectivity index (χ1v) is 12.6. The first-order chi connectivity index (χ1) is 17.9. The van der Waals surface area contributed by atoms with Gasteiger partial charge in [-0.2, -0.15) is 0 Å². The quantitative estimate of drug-likeness (QED) is 0.290. The predicted octanol–water partition coefficient (Wildman–Crippen LogP) is 2.88. The first kappa shape index (κ1) is 29.3. The van der Waals surface area contributed by atoms with Gasteiger partial charge >= 0.3 is 6.09 Å². The Balaban J connectivity index is 1.80. The van der Waals surface area contributed by atoms with Crippen molar-refractivity contribution < 1.29 is 28.6 Å². The molecule has 0 aliphatic rings. The number of hydrogen-bond acceptors (Lipinski definition) is 8. The van der Waals surface area contributed by atoms with Gasteiger partial charge in [0.05, 0.1) is 32.2 Å². The third kappa shape index (κ3) is 11.6. The molecule has 2 heterocycles. The minimum absolute atomic E-state index is 0.108. The van der Waals surface area contributed by atoms with Crippen LogP contribution in [0.2, 0.25) is 0 Å². The van der Waals surface area contributed by atoms with E-state index in [2.05, 4.69) is 25.9 Å². The standard InChI is InChI=1S/C26H37N5O6/c1-4-35-21-11-19(13-27-17-21)15-29-24(32)10-8-7-9-23(31-26(34)37-6-3)25(33)30-16-20-12-22(36-5-2)18-28-14-20/h11-14,17-18,23H,4-10,15-16H2,1-3H3,(H,29,32)(H,30,33)(H,31,34). The lowest BCUT2D eigenvalue weighted by atomic mass is 10.1. The van der Waals surface area contributed by atoms with E-state index in [0.717, 1.165) is 11.1 Å². The normalized spacial score (nSPS) is 11.2. The van der Waals surface area contributed by atoms with Crippen molar-refractivity contribution in [2.45, 2.75) is 65.6 Å². The molecule has 0 saturated carbocycles. The second-order valence-corrected chi connectivity index (χ2v) is 8.08. The van der Waals surface area contributed by atoms with Gasteiger partial charge in [0.25, 0.3) is 0 Å². The summed E-state index contributed by atoms with van der Waals surface area (Å²) in [5.74, 6) is 0.821. The van der Waals surface area contributed by atoms with Crippen molar-refractivity contribution in [2.24, 2.45) is 0 Å². The molecule has 37 heavy (non-hydrogen) atoms. The molecule has 0 aliphatic heterocycles. The zero-order chi connectivity index (χ0) is 26.9. The molecular formula is C26H37N5O6. The van der Waals surface area contributed by atoms with Crippen LogP contribution < -0.4 is 25.4 Å². The second kappa shape index (κ2) is 16.7. The SMILES string of the molecule is CCOC(=O)NC(CCCCC(=O)NCc1cncc(OCC)c1)C(=O)NCc1cncc(OCC)c1. The fraction of sp³-hybridized carbons (Fsp3) is 0.500. The molecule has 0 aliphatic carbocycles. The summed E-state index contributed by atoms with van der Waals surface area (Å²) in [5, 5.41) is 8.28. The first-order valence-electron chi connectivity index (χ1n) is 12.6. The molecule has 0 aromatic carbocycles. The largest absolute Gasteiger partial charge is 0.492 e. The van der Waals surface area contributed by atoms with E-state index in [9.17, 15) is 14.4 Å². The molecule has 2 aromatic heterocycles. The van der Waals surface area contributed by atoms with Crippen LogP contribution in [0.3, 0.4) is 0 Å². The van der Waals surface area contributed by atoms with Gasteiger partial charge < -0.3 is 30.2 Å². The summed E-state index contributed by atoms with van der Waals surface area (Å²) in [6, 6.07) is 2.84. The lowest BCUT2D eigenvalue weighted by Gasteiger charge is -2.18. The molecule has 1 unspecified atom stereocenters. The maximum atomic E-state index is 12.8. The summed E-state index contributed by atoms with van der Waals surface area (Å²) in [7, 11) is 0. The van der Waals surface area contributed by atoms with E-state index in [1.54, 1.807) is 37.8 Å². The van der Waals surface area contributed by atoms with E-state index in [1.807, 2.05) is 19.9 Å². The summed E-state index contributed by atoms with van der Waals surface area (Å²) < 4.78 is 15.8. The molecule has 2 aromatic rings. The molecule has 11 nitrogen and oxygen atoms in total. The van der Waals surface area contributed by atoms with Gasteiger partial charge in [-0.1, -0.05) is 6.42 Å². The topological polar surface area (TPSA) is 141 Å². The molecule has 0 radical (unpaired) electrons. The van der Waals surface area contributed by atoms with Gasteiger partial charge in [-0.25, -0.2) is 4.79 Å². The summed E-state index contributed by atoms with van der Waals surface area (Å²) in [6.45, 7) is 7.29. The highest BCUT2D eigenvalue weighted by molar-refractivity contribution is 5.85. The number of unbranched alkanes of at least 4 members (excludes halogenated alkanes) is 1. The van der Waals surface area contributed by atoms with E-state index in [1.165, 1.54) is 0 Å². The van der Waals surface area contributed by atoms with Crippen molar-refractivity contribution in [1.82, 2.24) is 25.9 Å². The number of hydrogen-bond donors (Lipinski definition) is 3. The number of ether oxygens (including phenoxy) is 3. The second-order valence-electron chi connectivity index (χ2n) is 8.08. The molecule has 0 saturated heterocycles. The highest BCUT2D eigenvalue weighted by atomic mass is 16.5. The Morgan fingerprint density at radius 3 is 1.97 bits per heavy atom. The van der Waals surface area contributed by atoms with Gasteiger partial charge in [0, 0.05) is 31.9 Å². The smallest absolute Gasteiger partial charge is 0.407 e. The molecular weight excluding hydrogens is 478 g/mol. The van der Waals surface area contributed by atoms with Crippen LogP contribution in [0.25, 0.3) is 0 Å². The number of alkyl carbamates (subject to hydrolysis) is 1. The van der Waals surface area contributed by atoms with E-state index >= 15 is 0 Å². The van der Waals surface area contributed by atoms with Gasteiger partial charge in [0.1, 0.15) is 17.5 Å². The van der Waals surface area contributed by atoms with Crippen molar-refractivity contribution in [2.75, 3.05) is 19.8 Å². The third-order valence-corrected chi connectivity index (χ3v) is 5.15. The monoisotopic (exact) mass is 515 g/mol. The zero-order valence-corrected chi connectivity index (χ0v) is 21.7. The minimum atomic E-state index is -0.794. The van der Waals surface area contributed by atoms with E-state index in [0.29, 0.717) is 56.9 Å². The van der Waals surface area contributed by atoms with Crippen molar-refractivity contribution >= 4 is 17.9 Å². The lowest BCUT2D eigenvalue weighted by Crippen LogP contribution is -2.46. The summed E-state index contributed by atoms with van der Waals surface area (Å²) >= 11 is 0. The number of rotatable bonds is 16. The van der Waals surface area contributed by atoms with Crippen molar-refractivity contribution in [3.05, 3.63) is 48.0 Å². The molecule has 3 N–H and O–H groups in total. The molecule has 0 spiro atoms. The maximum Gasteiger partial charge on any atom is 0.407 e. The van der Waals surface area contributed by atoms with Crippen molar-refractivity contribution in [3.63, 3.8) is 0 Å². The van der Waals surface area contributed by atoms with Gasteiger partial charge in [-0.05, 0) is 56.9 Å². The van der Waals surface area contributed by atoms with Crippen LogP contribution in [0, 0.1) is 0 Å². The molecule has 0 fully saturated rings. The fourth-order valence-corrected chi connectivity index (χ4v) is 3.43. The highest BCUT2D eigenvalue weighted by Crippen LogP contribution is 2.12. The maximum absolute atomic E-state index is 12.8. The van der Waals surface area contributed by atoms with Crippen LogP contribution in [0.1, 0.15) is 57.6 Å².